The van der Waals surface area contributed by atoms with Gasteiger partial charge in [0.15, 0.2) is 0 Å². The second-order valence-corrected chi connectivity index (χ2v) is 2.99. The number of carbonyl (C=O) groups is 1. The Bertz CT molecular complexity index is 332. The monoisotopic (exact) mass is 236 g/mol. The molecule has 0 atom stereocenters. The third-order valence-corrected chi connectivity index (χ3v) is 2.29. The fourth-order valence-corrected chi connectivity index (χ4v) is 1.19. The number of aromatic carboxylic acids is 1. The van der Waals surface area contributed by atoms with Crippen molar-refractivity contribution in [3.63, 3.8) is 0 Å². The van der Waals surface area contributed by atoms with Crippen molar-refractivity contribution in [2.75, 3.05) is 0 Å². The summed E-state index contributed by atoms with van der Waals surface area (Å²) in [6.07, 6.45) is 0. The van der Waals surface area contributed by atoms with Crippen LogP contribution in [0, 0.1) is 20.8 Å². The second-order valence-electron chi connectivity index (χ2n) is 2.99. The molecule has 0 aliphatic heterocycles. The Morgan fingerprint density at radius 2 is 1.69 bits per heavy atom. The molecular formula is C10H15GaO2. The zero-order valence-corrected chi connectivity index (χ0v) is 7.51. The molecule has 3 heteroatoms. The Morgan fingerprint density at radius 1 is 1.15 bits per heavy atom. The average molecular weight is 237 g/mol. The van der Waals surface area contributed by atoms with E-state index in [1.807, 2.05) is 26.8 Å². The molecule has 0 aromatic heterocycles. The van der Waals surface area contributed by atoms with E-state index in [0.29, 0.717) is 5.56 Å². The number of hydrogen-bond donors (Lipinski definition) is 1. The Labute approximate surface area is 91.0 Å². The van der Waals surface area contributed by atoms with E-state index < -0.39 is 5.97 Å². The van der Waals surface area contributed by atoms with Gasteiger partial charge in [-0.25, -0.2) is 4.79 Å². The third-order valence-electron chi connectivity index (χ3n) is 2.29. The fraction of sp³-hybridized carbons (Fsp3) is 0.300. The molecular weight excluding hydrogens is 222 g/mol. The summed E-state index contributed by atoms with van der Waals surface area (Å²) in [6.45, 7) is 5.76. The molecule has 0 heterocycles. The van der Waals surface area contributed by atoms with Crippen LogP contribution in [0.5, 0.6) is 0 Å². The first kappa shape index (κ1) is 12.3. The minimum absolute atomic E-state index is 0. The van der Waals surface area contributed by atoms with Gasteiger partial charge in [-0.1, -0.05) is 6.07 Å². The van der Waals surface area contributed by atoms with Crippen LogP contribution in [0.3, 0.4) is 0 Å². The van der Waals surface area contributed by atoms with Crippen LogP contribution in [0.15, 0.2) is 12.1 Å². The number of carboxylic acid groups (broad SMARTS) is 1. The van der Waals surface area contributed by atoms with Gasteiger partial charge in [0.1, 0.15) is 0 Å². The van der Waals surface area contributed by atoms with Gasteiger partial charge < -0.3 is 5.11 Å². The summed E-state index contributed by atoms with van der Waals surface area (Å²) in [7, 11) is 0. The van der Waals surface area contributed by atoms with Crippen LogP contribution in [0.25, 0.3) is 0 Å². The van der Waals surface area contributed by atoms with E-state index in [2.05, 4.69) is 0 Å². The van der Waals surface area contributed by atoms with E-state index >= 15 is 0 Å². The van der Waals surface area contributed by atoms with Crippen LogP contribution < -0.4 is 0 Å². The number of hydrogen-bond acceptors (Lipinski definition) is 1. The summed E-state index contributed by atoms with van der Waals surface area (Å²) >= 11 is 0. The maximum absolute atomic E-state index is 10.7. The van der Waals surface area contributed by atoms with Crippen LogP contribution >= 0.6 is 0 Å². The molecule has 0 fully saturated rings. The van der Waals surface area contributed by atoms with E-state index in [1.54, 1.807) is 6.07 Å². The van der Waals surface area contributed by atoms with Crippen LogP contribution in [0.1, 0.15) is 27.0 Å². The van der Waals surface area contributed by atoms with Crippen molar-refractivity contribution in [2.45, 2.75) is 20.8 Å². The topological polar surface area (TPSA) is 37.3 Å². The van der Waals surface area contributed by atoms with E-state index in [0.717, 1.165) is 16.7 Å². The Kier molecular flexibility index (Phi) is 4.30. The van der Waals surface area contributed by atoms with E-state index in [4.69, 9.17) is 5.11 Å². The molecule has 0 aliphatic carbocycles. The van der Waals surface area contributed by atoms with E-state index in [1.165, 1.54) is 0 Å². The number of aryl methyl sites for hydroxylation is 1. The first-order chi connectivity index (χ1) is 5.54. The SMILES string of the molecule is Cc1ccc(C(=O)O)c(C)c1C.[GaH3]. The van der Waals surface area contributed by atoms with Crippen LogP contribution in [0.2, 0.25) is 0 Å². The minimum atomic E-state index is -0.851. The molecule has 1 rings (SSSR count). The van der Waals surface area contributed by atoms with Crippen molar-refractivity contribution < 1.29 is 9.90 Å². The first-order valence-electron chi connectivity index (χ1n) is 3.84. The van der Waals surface area contributed by atoms with Crippen LogP contribution in [-0.2, 0) is 0 Å². The van der Waals surface area contributed by atoms with Crippen molar-refractivity contribution in [3.8, 4) is 0 Å². The molecule has 0 bridgehead atoms. The summed E-state index contributed by atoms with van der Waals surface area (Å²) in [6, 6.07) is 3.49. The molecule has 0 saturated heterocycles. The normalized spacial score (nSPS) is 9.15. The average Bonchev–Trinajstić information content (AvgIpc) is 2.00. The molecule has 0 aliphatic rings. The van der Waals surface area contributed by atoms with E-state index in [-0.39, 0.29) is 19.8 Å². The van der Waals surface area contributed by atoms with Gasteiger partial charge >= 0.3 is 25.8 Å². The summed E-state index contributed by atoms with van der Waals surface area (Å²) in [4.78, 5) is 10.7. The molecule has 0 saturated carbocycles. The molecule has 70 valence electrons. The Balaban J connectivity index is 0.00000144. The first-order valence-corrected chi connectivity index (χ1v) is 3.84. The molecule has 2 nitrogen and oxygen atoms in total. The molecule has 1 N–H and O–H groups in total. The number of carboxylic acids is 1. The molecule has 1 aromatic rings. The van der Waals surface area contributed by atoms with Crippen molar-refractivity contribution in [2.24, 2.45) is 0 Å². The summed E-state index contributed by atoms with van der Waals surface area (Å²) < 4.78 is 0. The van der Waals surface area contributed by atoms with Gasteiger partial charge in [0.05, 0.1) is 5.56 Å². The molecule has 1 aromatic carbocycles. The molecule has 0 amide bonds. The van der Waals surface area contributed by atoms with Gasteiger partial charge in [0.2, 0.25) is 0 Å². The summed E-state index contributed by atoms with van der Waals surface area (Å²) in [5.74, 6) is -0.851. The van der Waals surface area contributed by atoms with Gasteiger partial charge in [-0.2, -0.15) is 0 Å². The van der Waals surface area contributed by atoms with Gasteiger partial charge in [0, 0.05) is 0 Å². The molecule has 0 unspecified atom stereocenters. The quantitative estimate of drug-likeness (QED) is 0.743. The zero-order chi connectivity index (χ0) is 9.30. The predicted molar refractivity (Wildman–Crippen MR) is 57.6 cm³/mol. The second kappa shape index (κ2) is 4.53. The molecule has 13 heavy (non-hydrogen) atoms. The number of benzene rings is 1. The van der Waals surface area contributed by atoms with E-state index in [9.17, 15) is 4.79 Å². The summed E-state index contributed by atoms with van der Waals surface area (Å²) in [5.41, 5.74) is 3.47. The summed E-state index contributed by atoms with van der Waals surface area (Å²) in [5, 5.41) is 8.78. The molecule has 0 radical (unpaired) electrons. The maximum atomic E-state index is 10.7. The Morgan fingerprint density at radius 3 is 2.15 bits per heavy atom. The predicted octanol–water partition coefficient (Wildman–Crippen LogP) is 1.13. The van der Waals surface area contributed by atoms with Crippen molar-refractivity contribution >= 4 is 25.8 Å². The van der Waals surface area contributed by atoms with Crippen LogP contribution in [-0.4, -0.2) is 30.9 Å². The number of rotatable bonds is 1. The van der Waals surface area contributed by atoms with Gasteiger partial charge in [-0.3, -0.25) is 0 Å². The fourth-order valence-electron chi connectivity index (χ4n) is 1.19. The van der Waals surface area contributed by atoms with Gasteiger partial charge in [-0.15, -0.1) is 0 Å². The van der Waals surface area contributed by atoms with Crippen molar-refractivity contribution in [3.05, 3.63) is 34.4 Å². The zero-order valence-electron chi connectivity index (χ0n) is 7.51. The third kappa shape index (κ3) is 2.38. The van der Waals surface area contributed by atoms with Crippen molar-refractivity contribution in [1.29, 1.82) is 0 Å². The Hall–Kier alpha value is -0.674. The van der Waals surface area contributed by atoms with Gasteiger partial charge in [0.25, 0.3) is 0 Å². The van der Waals surface area contributed by atoms with Gasteiger partial charge in [-0.05, 0) is 43.5 Å². The standard InChI is InChI=1S/C10H12O2.Ga.3H/c1-6-4-5-9(10(11)12)8(3)7(6)2;;;;/h4-5H,1-3H3,(H,11,12);;;;. The molecule has 0 spiro atoms. The van der Waals surface area contributed by atoms with Crippen LogP contribution in [0.4, 0.5) is 0 Å². The van der Waals surface area contributed by atoms with Crippen molar-refractivity contribution in [1.82, 2.24) is 0 Å².